The molecule has 2 aliphatic rings. The van der Waals surface area contributed by atoms with E-state index in [1.807, 2.05) is 6.92 Å². The molecular formula is C15H29F3IN5O. The molecule has 0 bridgehead atoms. The maximum atomic E-state index is 12.5. The fourth-order valence-corrected chi connectivity index (χ4v) is 3.03. The number of hydrogen-bond acceptors (Lipinski definition) is 4. The van der Waals surface area contributed by atoms with Crippen LogP contribution < -0.4 is 10.6 Å². The molecule has 10 heteroatoms. The van der Waals surface area contributed by atoms with E-state index >= 15 is 0 Å². The molecule has 148 valence electrons. The van der Waals surface area contributed by atoms with Gasteiger partial charge in [0.15, 0.2) is 5.96 Å². The monoisotopic (exact) mass is 479 g/mol. The summed E-state index contributed by atoms with van der Waals surface area (Å²) >= 11 is 0. The van der Waals surface area contributed by atoms with Crippen LogP contribution in [0.25, 0.3) is 0 Å². The van der Waals surface area contributed by atoms with Crippen molar-refractivity contribution in [1.82, 2.24) is 20.4 Å². The highest BCUT2D eigenvalue weighted by Gasteiger charge is 2.34. The first-order valence-electron chi connectivity index (χ1n) is 8.50. The lowest BCUT2D eigenvalue weighted by molar-refractivity contribution is -0.143. The number of ether oxygens (including phenoxy) is 1. The van der Waals surface area contributed by atoms with E-state index in [9.17, 15) is 13.2 Å². The van der Waals surface area contributed by atoms with Gasteiger partial charge in [-0.3, -0.25) is 9.89 Å². The van der Waals surface area contributed by atoms with Crippen molar-refractivity contribution < 1.29 is 17.9 Å². The number of rotatable bonds is 5. The zero-order valence-corrected chi connectivity index (χ0v) is 17.1. The second kappa shape index (κ2) is 10.7. The van der Waals surface area contributed by atoms with E-state index in [2.05, 4.69) is 27.6 Å². The summed E-state index contributed by atoms with van der Waals surface area (Å²) in [6, 6.07) is -0.0138. The average Bonchev–Trinajstić information content (AvgIpc) is 2.90. The molecule has 2 N–H and O–H groups in total. The summed E-state index contributed by atoms with van der Waals surface area (Å²) in [7, 11) is 2.05. The molecule has 0 aromatic carbocycles. The van der Waals surface area contributed by atoms with Crippen molar-refractivity contribution in [2.45, 2.75) is 31.7 Å². The number of guanidine groups is 1. The molecule has 25 heavy (non-hydrogen) atoms. The molecule has 2 fully saturated rings. The van der Waals surface area contributed by atoms with Crippen molar-refractivity contribution in [3.8, 4) is 0 Å². The number of nitrogens with zero attached hydrogens (tertiary/aromatic N) is 3. The third-order valence-corrected chi connectivity index (χ3v) is 4.16. The fraction of sp³-hybridized carbons (Fsp3) is 0.933. The lowest BCUT2D eigenvalue weighted by Crippen LogP contribution is -2.46. The molecule has 6 nitrogen and oxygen atoms in total. The minimum atomic E-state index is -4.14. The largest absolute Gasteiger partial charge is 0.401 e. The van der Waals surface area contributed by atoms with Crippen molar-refractivity contribution in [3.05, 3.63) is 0 Å². The van der Waals surface area contributed by atoms with E-state index in [0.717, 1.165) is 13.1 Å². The first-order chi connectivity index (χ1) is 11.4. The van der Waals surface area contributed by atoms with Gasteiger partial charge in [0.05, 0.1) is 25.8 Å². The molecule has 0 spiro atoms. The van der Waals surface area contributed by atoms with Crippen LogP contribution in [0, 0.1) is 0 Å². The normalized spacial score (nSPS) is 26.4. The Kier molecular flexibility index (Phi) is 9.75. The Balaban J connectivity index is 0.00000312. The van der Waals surface area contributed by atoms with Crippen molar-refractivity contribution in [2.75, 3.05) is 59.5 Å². The van der Waals surface area contributed by atoms with Crippen LogP contribution in [0.1, 0.15) is 13.3 Å². The van der Waals surface area contributed by atoms with E-state index in [1.54, 1.807) is 0 Å². The smallest absolute Gasteiger partial charge is 0.374 e. The van der Waals surface area contributed by atoms with Gasteiger partial charge in [0.25, 0.3) is 0 Å². The Hall–Kier alpha value is -0.330. The summed E-state index contributed by atoms with van der Waals surface area (Å²) < 4.78 is 43.1. The number of halogens is 4. The van der Waals surface area contributed by atoms with Crippen LogP contribution in [0.2, 0.25) is 0 Å². The van der Waals surface area contributed by atoms with Gasteiger partial charge in [-0.2, -0.15) is 13.2 Å². The van der Waals surface area contributed by atoms with Crippen LogP contribution in [0.5, 0.6) is 0 Å². The summed E-state index contributed by atoms with van der Waals surface area (Å²) in [6.45, 7) is 5.67. The number of likely N-dealkylation sites (N-methyl/N-ethyl adjacent to an activating group) is 1. The van der Waals surface area contributed by atoms with Gasteiger partial charge in [0.1, 0.15) is 0 Å². The molecule has 2 atom stereocenters. The molecule has 2 heterocycles. The molecule has 0 aromatic rings. The number of aliphatic imine (C=N–C) groups is 1. The Bertz CT molecular complexity index is 424. The number of morpholine rings is 1. The highest BCUT2D eigenvalue weighted by atomic mass is 127. The van der Waals surface area contributed by atoms with Crippen LogP contribution in [-0.2, 0) is 4.74 Å². The first kappa shape index (κ1) is 22.7. The maximum absolute atomic E-state index is 12.5. The second-order valence-electron chi connectivity index (χ2n) is 6.45. The predicted molar refractivity (Wildman–Crippen MR) is 103 cm³/mol. The van der Waals surface area contributed by atoms with Crippen LogP contribution >= 0.6 is 24.0 Å². The van der Waals surface area contributed by atoms with Crippen molar-refractivity contribution in [3.63, 3.8) is 0 Å². The minimum absolute atomic E-state index is 0. The molecule has 0 aliphatic carbocycles. The van der Waals surface area contributed by atoms with Gasteiger partial charge in [-0.25, -0.2) is 0 Å². The maximum Gasteiger partial charge on any atom is 0.401 e. The van der Waals surface area contributed by atoms with Gasteiger partial charge in [-0.15, -0.1) is 24.0 Å². The van der Waals surface area contributed by atoms with Crippen LogP contribution in [0.3, 0.4) is 0 Å². The Labute approximate surface area is 164 Å². The predicted octanol–water partition coefficient (Wildman–Crippen LogP) is 1.13. The third kappa shape index (κ3) is 8.74. The highest BCUT2D eigenvalue weighted by molar-refractivity contribution is 14.0. The zero-order chi connectivity index (χ0) is 17.6. The molecule has 0 amide bonds. The van der Waals surface area contributed by atoms with Crippen molar-refractivity contribution in [1.29, 1.82) is 0 Å². The van der Waals surface area contributed by atoms with E-state index in [1.165, 1.54) is 4.90 Å². The van der Waals surface area contributed by atoms with Gasteiger partial charge in [0, 0.05) is 38.8 Å². The minimum Gasteiger partial charge on any atom is -0.374 e. The topological polar surface area (TPSA) is 52.1 Å². The summed E-state index contributed by atoms with van der Waals surface area (Å²) in [5, 5.41) is 6.40. The van der Waals surface area contributed by atoms with Gasteiger partial charge >= 0.3 is 6.18 Å². The molecule has 2 rings (SSSR count). The first-order valence-corrected chi connectivity index (χ1v) is 8.50. The number of likely N-dealkylation sites (tertiary alicyclic amines) is 1. The zero-order valence-electron chi connectivity index (χ0n) is 14.8. The van der Waals surface area contributed by atoms with Gasteiger partial charge in [-0.05, 0) is 20.4 Å². The Morgan fingerprint density at radius 2 is 2.04 bits per heavy atom. The molecule has 2 aliphatic heterocycles. The van der Waals surface area contributed by atoms with Crippen LogP contribution in [-0.4, -0.2) is 93.5 Å². The molecule has 0 aromatic heterocycles. The van der Waals surface area contributed by atoms with Crippen LogP contribution in [0.4, 0.5) is 13.2 Å². The molecule has 0 radical (unpaired) electrons. The third-order valence-electron chi connectivity index (χ3n) is 4.16. The van der Waals surface area contributed by atoms with E-state index < -0.39 is 12.7 Å². The highest BCUT2D eigenvalue weighted by Crippen LogP contribution is 2.19. The summed E-state index contributed by atoms with van der Waals surface area (Å²) in [5.41, 5.74) is 0. The SMILES string of the molecule is CCNC(=NCC1CN(C)CCO1)NC1CCN(CC(F)(F)F)C1.I. The molecule has 2 unspecified atom stereocenters. The van der Waals surface area contributed by atoms with E-state index in [-0.39, 0.29) is 36.1 Å². The van der Waals surface area contributed by atoms with Gasteiger partial charge < -0.3 is 20.3 Å². The lowest BCUT2D eigenvalue weighted by atomic mass is 10.2. The van der Waals surface area contributed by atoms with Crippen molar-refractivity contribution >= 4 is 29.9 Å². The van der Waals surface area contributed by atoms with Crippen molar-refractivity contribution in [2.24, 2.45) is 4.99 Å². The average molecular weight is 479 g/mol. The fourth-order valence-electron chi connectivity index (χ4n) is 3.03. The number of hydrogen-bond donors (Lipinski definition) is 2. The second-order valence-corrected chi connectivity index (χ2v) is 6.45. The Morgan fingerprint density at radius 3 is 2.68 bits per heavy atom. The van der Waals surface area contributed by atoms with E-state index in [0.29, 0.717) is 45.2 Å². The summed E-state index contributed by atoms with van der Waals surface area (Å²) in [4.78, 5) is 8.17. The summed E-state index contributed by atoms with van der Waals surface area (Å²) in [5.74, 6) is 0.646. The lowest BCUT2D eigenvalue weighted by Gasteiger charge is -2.29. The van der Waals surface area contributed by atoms with E-state index in [4.69, 9.17) is 4.74 Å². The summed E-state index contributed by atoms with van der Waals surface area (Å²) in [6.07, 6.45) is -3.40. The van der Waals surface area contributed by atoms with Gasteiger partial charge in [0.2, 0.25) is 0 Å². The molecule has 2 saturated heterocycles. The number of alkyl halides is 3. The van der Waals surface area contributed by atoms with Crippen LogP contribution in [0.15, 0.2) is 4.99 Å². The standard InChI is InChI=1S/C15H28F3N5O.HI/c1-3-19-14(20-8-13-10-22(2)6-7-24-13)21-12-4-5-23(9-12)11-15(16,17)18;/h12-13H,3-11H2,1-2H3,(H2,19,20,21);1H. The molecule has 0 saturated carbocycles. The van der Waals surface area contributed by atoms with Gasteiger partial charge in [-0.1, -0.05) is 0 Å². The Morgan fingerprint density at radius 1 is 1.28 bits per heavy atom. The molecular weight excluding hydrogens is 450 g/mol. The quantitative estimate of drug-likeness (QED) is 0.352. The number of nitrogens with one attached hydrogen (secondary N) is 2.